The van der Waals surface area contributed by atoms with E-state index in [-0.39, 0.29) is 6.09 Å². The first kappa shape index (κ1) is 18.1. The molecule has 1 aromatic rings. The first-order chi connectivity index (χ1) is 9.69. The highest BCUT2D eigenvalue weighted by Gasteiger charge is 2.15. The summed E-state index contributed by atoms with van der Waals surface area (Å²) in [5.41, 5.74) is 1.51. The lowest BCUT2D eigenvalue weighted by molar-refractivity contribution is 0.0528. The van der Waals surface area contributed by atoms with Gasteiger partial charge in [0, 0.05) is 28.3 Å². The first-order valence-electron chi connectivity index (χ1n) is 6.85. The molecule has 1 rings (SSSR count). The second-order valence-electron chi connectivity index (χ2n) is 5.79. The Bertz CT molecular complexity index is 501. The zero-order valence-electron chi connectivity index (χ0n) is 12.8. The molecule has 0 atom stereocenters. The smallest absolute Gasteiger partial charge is 0.407 e. The van der Waals surface area contributed by atoms with E-state index >= 15 is 0 Å². The van der Waals surface area contributed by atoms with E-state index in [1.54, 1.807) is 0 Å². The molecule has 1 aromatic carbocycles. The van der Waals surface area contributed by atoms with Gasteiger partial charge in [-0.1, -0.05) is 11.6 Å². The van der Waals surface area contributed by atoms with Crippen LogP contribution in [0.1, 0.15) is 32.8 Å². The molecule has 0 aliphatic heterocycles. The maximum absolute atomic E-state index is 11.4. The Labute approximate surface area is 139 Å². The van der Waals surface area contributed by atoms with Gasteiger partial charge in [0.15, 0.2) is 0 Å². The third kappa shape index (κ3) is 7.05. The van der Waals surface area contributed by atoms with Crippen LogP contribution in [-0.2, 0) is 4.74 Å². The van der Waals surface area contributed by atoms with E-state index in [1.807, 2.05) is 39.8 Å². The average molecular weight is 378 g/mol. The standard InChI is InChI=1S/C15H22BrClN2O2/c1-10-8-11(16)13(9-12(10)17)18-6-5-7-19-14(20)21-15(2,3)4/h8-9,18H,5-7H2,1-4H3,(H,19,20). The normalized spacial score (nSPS) is 11.1. The molecule has 0 saturated carbocycles. The summed E-state index contributed by atoms with van der Waals surface area (Å²) in [7, 11) is 0. The SMILES string of the molecule is Cc1cc(Br)c(NCCCNC(=O)OC(C)(C)C)cc1Cl. The van der Waals surface area contributed by atoms with Gasteiger partial charge < -0.3 is 15.4 Å². The minimum absolute atomic E-state index is 0.387. The zero-order valence-corrected chi connectivity index (χ0v) is 15.2. The molecule has 1 amide bonds. The molecule has 0 aliphatic carbocycles. The molecule has 21 heavy (non-hydrogen) atoms. The number of anilines is 1. The van der Waals surface area contributed by atoms with Crippen LogP contribution in [0.15, 0.2) is 16.6 Å². The summed E-state index contributed by atoms with van der Waals surface area (Å²) in [5, 5.41) is 6.73. The predicted octanol–water partition coefficient (Wildman–Crippen LogP) is 4.74. The predicted molar refractivity (Wildman–Crippen MR) is 91.2 cm³/mol. The van der Waals surface area contributed by atoms with Crippen molar-refractivity contribution in [1.29, 1.82) is 0 Å². The fourth-order valence-electron chi connectivity index (χ4n) is 1.60. The highest BCUT2D eigenvalue weighted by atomic mass is 79.9. The van der Waals surface area contributed by atoms with Gasteiger partial charge in [-0.15, -0.1) is 0 Å². The maximum Gasteiger partial charge on any atom is 0.407 e. The molecular weight excluding hydrogens is 356 g/mol. The lowest BCUT2D eigenvalue weighted by atomic mass is 10.2. The summed E-state index contributed by atoms with van der Waals surface area (Å²) in [6.45, 7) is 8.76. The van der Waals surface area contributed by atoms with Gasteiger partial charge in [-0.25, -0.2) is 4.79 Å². The van der Waals surface area contributed by atoms with E-state index in [2.05, 4.69) is 26.6 Å². The Morgan fingerprint density at radius 1 is 1.33 bits per heavy atom. The van der Waals surface area contributed by atoms with E-state index < -0.39 is 5.60 Å². The Hall–Kier alpha value is -0.940. The van der Waals surface area contributed by atoms with Gasteiger partial charge in [-0.2, -0.15) is 0 Å². The quantitative estimate of drug-likeness (QED) is 0.729. The van der Waals surface area contributed by atoms with Gasteiger partial charge in [-0.3, -0.25) is 0 Å². The molecule has 0 bridgehead atoms. The highest BCUT2D eigenvalue weighted by molar-refractivity contribution is 9.10. The van der Waals surface area contributed by atoms with Crippen molar-refractivity contribution in [3.8, 4) is 0 Å². The minimum atomic E-state index is -0.466. The highest BCUT2D eigenvalue weighted by Crippen LogP contribution is 2.28. The number of hydrogen-bond acceptors (Lipinski definition) is 3. The Kier molecular flexibility index (Phi) is 6.81. The number of aryl methyl sites for hydroxylation is 1. The van der Waals surface area contributed by atoms with Crippen LogP contribution in [0.2, 0.25) is 5.02 Å². The van der Waals surface area contributed by atoms with Gasteiger partial charge in [0.2, 0.25) is 0 Å². The number of amides is 1. The van der Waals surface area contributed by atoms with Crippen molar-refractivity contribution in [2.45, 2.75) is 39.7 Å². The molecule has 0 heterocycles. The molecule has 2 N–H and O–H groups in total. The van der Waals surface area contributed by atoms with Crippen molar-refractivity contribution >= 4 is 39.3 Å². The molecule has 4 nitrogen and oxygen atoms in total. The van der Waals surface area contributed by atoms with Gasteiger partial charge in [0.25, 0.3) is 0 Å². The lowest BCUT2D eigenvalue weighted by Crippen LogP contribution is -2.33. The van der Waals surface area contributed by atoms with Crippen molar-refractivity contribution in [3.05, 3.63) is 27.2 Å². The van der Waals surface area contributed by atoms with E-state index in [4.69, 9.17) is 16.3 Å². The average Bonchev–Trinajstić information content (AvgIpc) is 2.32. The summed E-state index contributed by atoms with van der Waals surface area (Å²) in [6, 6.07) is 3.87. The summed E-state index contributed by atoms with van der Waals surface area (Å²) in [6.07, 6.45) is 0.402. The molecule has 0 spiro atoms. The lowest BCUT2D eigenvalue weighted by Gasteiger charge is -2.19. The number of benzene rings is 1. The van der Waals surface area contributed by atoms with E-state index in [9.17, 15) is 4.79 Å². The third-order valence-electron chi connectivity index (χ3n) is 2.59. The van der Waals surface area contributed by atoms with Crippen LogP contribution >= 0.6 is 27.5 Å². The van der Waals surface area contributed by atoms with Crippen LogP contribution in [0.3, 0.4) is 0 Å². The molecule has 6 heteroatoms. The van der Waals surface area contributed by atoms with Gasteiger partial charge in [0.1, 0.15) is 5.60 Å². The summed E-state index contributed by atoms with van der Waals surface area (Å²) in [5.74, 6) is 0. The largest absolute Gasteiger partial charge is 0.444 e. The van der Waals surface area contributed by atoms with E-state index in [0.29, 0.717) is 6.54 Å². The van der Waals surface area contributed by atoms with Gasteiger partial charge >= 0.3 is 6.09 Å². The summed E-state index contributed by atoms with van der Waals surface area (Å²) >= 11 is 9.59. The monoisotopic (exact) mass is 376 g/mol. The number of carbonyl (C=O) groups excluding carboxylic acids is 1. The van der Waals surface area contributed by atoms with Crippen molar-refractivity contribution in [2.75, 3.05) is 18.4 Å². The van der Waals surface area contributed by atoms with Crippen LogP contribution in [0.25, 0.3) is 0 Å². The van der Waals surface area contributed by atoms with Crippen molar-refractivity contribution in [2.24, 2.45) is 0 Å². The Morgan fingerprint density at radius 3 is 2.62 bits per heavy atom. The molecule has 0 unspecified atom stereocenters. The Morgan fingerprint density at radius 2 is 2.00 bits per heavy atom. The summed E-state index contributed by atoms with van der Waals surface area (Å²) < 4.78 is 6.13. The second-order valence-corrected chi connectivity index (χ2v) is 7.05. The Balaban J connectivity index is 2.29. The van der Waals surface area contributed by atoms with Crippen LogP contribution < -0.4 is 10.6 Å². The van der Waals surface area contributed by atoms with Crippen LogP contribution in [-0.4, -0.2) is 24.8 Å². The number of alkyl carbamates (subject to hydrolysis) is 1. The zero-order chi connectivity index (χ0) is 16.0. The second kappa shape index (κ2) is 7.90. The summed E-state index contributed by atoms with van der Waals surface area (Å²) in [4.78, 5) is 11.4. The minimum Gasteiger partial charge on any atom is -0.444 e. The molecule has 0 radical (unpaired) electrons. The molecule has 0 aromatic heterocycles. The van der Waals surface area contributed by atoms with E-state index in [0.717, 1.165) is 33.7 Å². The maximum atomic E-state index is 11.4. The molecular formula is C15H22BrClN2O2. The fourth-order valence-corrected chi connectivity index (χ4v) is 2.36. The van der Waals surface area contributed by atoms with Crippen LogP contribution in [0, 0.1) is 6.92 Å². The van der Waals surface area contributed by atoms with E-state index in [1.165, 1.54) is 0 Å². The third-order valence-corrected chi connectivity index (χ3v) is 3.65. The molecule has 118 valence electrons. The number of carbonyl (C=O) groups is 1. The molecule has 0 fully saturated rings. The molecule has 0 aliphatic rings. The first-order valence-corrected chi connectivity index (χ1v) is 8.02. The fraction of sp³-hybridized carbons (Fsp3) is 0.533. The number of halogens is 2. The van der Waals surface area contributed by atoms with Crippen molar-refractivity contribution in [1.82, 2.24) is 5.32 Å². The number of ether oxygens (including phenoxy) is 1. The number of nitrogens with one attached hydrogen (secondary N) is 2. The van der Waals surface area contributed by atoms with Crippen molar-refractivity contribution < 1.29 is 9.53 Å². The number of hydrogen-bond donors (Lipinski definition) is 2. The topological polar surface area (TPSA) is 50.4 Å². The van der Waals surface area contributed by atoms with Crippen LogP contribution in [0.4, 0.5) is 10.5 Å². The number of rotatable bonds is 5. The van der Waals surface area contributed by atoms with Crippen molar-refractivity contribution in [3.63, 3.8) is 0 Å². The van der Waals surface area contributed by atoms with Crippen LogP contribution in [0.5, 0.6) is 0 Å². The van der Waals surface area contributed by atoms with Gasteiger partial charge in [0.05, 0.1) is 0 Å². The van der Waals surface area contributed by atoms with Gasteiger partial charge in [-0.05, 0) is 67.7 Å². The molecule has 0 saturated heterocycles.